The summed E-state index contributed by atoms with van der Waals surface area (Å²) in [4.78, 5) is 16.5. The van der Waals surface area contributed by atoms with Crippen LogP contribution in [0.1, 0.15) is 25.1 Å². The molecule has 3 heteroatoms. The summed E-state index contributed by atoms with van der Waals surface area (Å²) in [7, 11) is 0. The van der Waals surface area contributed by atoms with E-state index in [4.69, 9.17) is 0 Å². The first-order valence-corrected chi connectivity index (χ1v) is 5.67. The van der Waals surface area contributed by atoms with Crippen molar-refractivity contribution in [2.45, 2.75) is 33.7 Å². The van der Waals surface area contributed by atoms with Crippen LogP contribution in [-0.2, 0) is 13.0 Å². The van der Waals surface area contributed by atoms with E-state index in [1.165, 1.54) is 0 Å². The third-order valence-corrected chi connectivity index (χ3v) is 2.82. The van der Waals surface area contributed by atoms with Gasteiger partial charge < -0.3 is 4.57 Å². The first-order valence-electron chi connectivity index (χ1n) is 5.67. The van der Waals surface area contributed by atoms with Crippen molar-refractivity contribution < 1.29 is 0 Å². The van der Waals surface area contributed by atoms with Gasteiger partial charge in [0.25, 0.3) is 5.56 Å². The summed E-state index contributed by atoms with van der Waals surface area (Å²) in [5, 5.41) is 0. The van der Waals surface area contributed by atoms with Crippen LogP contribution in [-0.4, -0.2) is 9.55 Å². The molecule has 2 aromatic rings. The van der Waals surface area contributed by atoms with E-state index in [1.807, 2.05) is 39.0 Å². The summed E-state index contributed by atoms with van der Waals surface area (Å²) in [6.07, 6.45) is 0.683. The van der Waals surface area contributed by atoms with Crippen molar-refractivity contribution in [3.63, 3.8) is 0 Å². The monoisotopic (exact) mass is 216 g/mol. The molecule has 0 spiro atoms. The molecule has 1 aromatic heterocycles. The van der Waals surface area contributed by atoms with Crippen molar-refractivity contribution in [1.82, 2.24) is 9.55 Å². The van der Waals surface area contributed by atoms with Crippen LogP contribution in [0.25, 0.3) is 11.0 Å². The molecule has 1 heterocycles. The first-order chi connectivity index (χ1) is 7.67. The van der Waals surface area contributed by atoms with E-state index in [-0.39, 0.29) is 5.56 Å². The Hall–Kier alpha value is -1.64. The number of fused-ring (bicyclic) bond motifs is 1. The number of benzene rings is 1. The highest BCUT2D eigenvalue weighted by atomic mass is 16.1. The highest BCUT2D eigenvalue weighted by Gasteiger charge is 2.08. The normalized spacial score (nSPS) is 10.9. The summed E-state index contributed by atoms with van der Waals surface area (Å²) >= 11 is 0. The highest BCUT2D eigenvalue weighted by molar-refractivity contribution is 5.75. The van der Waals surface area contributed by atoms with Gasteiger partial charge in [-0.3, -0.25) is 4.79 Å². The third-order valence-electron chi connectivity index (χ3n) is 2.82. The van der Waals surface area contributed by atoms with Gasteiger partial charge in [-0.25, -0.2) is 4.98 Å². The lowest BCUT2D eigenvalue weighted by atomic mass is 10.2. The van der Waals surface area contributed by atoms with Crippen LogP contribution in [0.2, 0.25) is 0 Å². The lowest BCUT2D eigenvalue weighted by Gasteiger charge is -2.09. The fourth-order valence-electron chi connectivity index (χ4n) is 1.95. The van der Waals surface area contributed by atoms with Crippen molar-refractivity contribution in [3.8, 4) is 0 Å². The van der Waals surface area contributed by atoms with Crippen LogP contribution >= 0.6 is 0 Å². The second kappa shape index (κ2) is 4.08. The van der Waals surface area contributed by atoms with Gasteiger partial charge in [0.15, 0.2) is 0 Å². The first kappa shape index (κ1) is 10.9. The Balaban J connectivity index is 2.90. The highest BCUT2D eigenvalue weighted by Crippen LogP contribution is 2.12. The van der Waals surface area contributed by atoms with E-state index in [9.17, 15) is 4.79 Å². The van der Waals surface area contributed by atoms with E-state index in [0.717, 1.165) is 16.6 Å². The van der Waals surface area contributed by atoms with E-state index < -0.39 is 0 Å². The topological polar surface area (TPSA) is 34.9 Å². The van der Waals surface area contributed by atoms with Crippen molar-refractivity contribution >= 4 is 11.0 Å². The maximum Gasteiger partial charge on any atom is 0.272 e. The molecule has 2 rings (SSSR count). The third kappa shape index (κ3) is 1.62. The predicted octanol–water partition coefficient (Wildman–Crippen LogP) is 2.29. The lowest BCUT2D eigenvalue weighted by Crippen LogP contribution is -2.24. The van der Waals surface area contributed by atoms with Gasteiger partial charge in [-0.1, -0.05) is 13.0 Å². The fourth-order valence-corrected chi connectivity index (χ4v) is 1.95. The molecule has 0 saturated heterocycles. The molecule has 0 bridgehead atoms. The molecule has 0 aliphatic rings. The second-order valence-corrected chi connectivity index (χ2v) is 3.95. The Morgan fingerprint density at radius 3 is 2.69 bits per heavy atom. The quantitative estimate of drug-likeness (QED) is 0.772. The Labute approximate surface area is 94.7 Å². The van der Waals surface area contributed by atoms with E-state index in [2.05, 4.69) is 4.98 Å². The van der Waals surface area contributed by atoms with E-state index in [0.29, 0.717) is 18.7 Å². The Morgan fingerprint density at radius 1 is 1.31 bits per heavy atom. The molecular weight excluding hydrogens is 200 g/mol. The zero-order valence-corrected chi connectivity index (χ0v) is 9.95. The summed E-state index contributed by atoms with van der Waals surface area (Å²) in [6.45, 7) is 6.67. The summed E-state index contributed by atoms with van der Waals surface area (Å²) in [6, 6.07) is 6.03. The number of hydrogen-bond donors (Lipinski definition) is 0. The van der Waals surface area contributed by atoms with Crippen molar-refractivity contribution in [2.75, 3.05) is 0 Å². The van der Waals surface area contributed by atoms with Gasteiger partial charge >= 0.3 is 0 Å². The molecule has 0 amide bonds. The molecule has 0 atom stereocenters. The van der Waals surface area contributed by atoms with Crippen LogP contribution in [0.5, 0.6) is 0 Å². The van der Waals surface area contributed by atoms with Crippen molar-refractivity contribution in [3.05, 3.63) is 39.8 Å². The van der Waals surface area contributed by atoms with Gasteiger partial charge in [0.1, 0.15) is 5.69 Å². The van der Waals surface area contributed by atoms with Crippen molar-refractivity contribution in [1.29, 1.82) is 0 Å². The Morgan fingerprint density at radius 2 is 2.06 bits per heavy atom. The second-order valence-electron chi connectivity index (χ2n) is 3.95. The van der Waals surface area contributed by atoms with Gasteiger partial charge in [0.2, 0.25) is 0 Å². The summed E-state index contributed by atoms with van der Waals surface area (Å²) in [5.74, 6) is 0. The van der Waals surface area contributed by atoms with E-state index >= 15 is 0 Å². The number of aryl methyl sites for hydroxylation is 3. The van der Waals surface area contributed by atoms with Gasteiger partial charge in [-0.15, -0.1) is 0 Å². The number of nitrogens with zero attached hydrogens (tertiary/aromatic N) is 2. The van der Waals surface area contributed by atoms with Gasteiger partial charge in [-0.05, 0) is 38.0 Å². The summed E-state index contributed by atoms with van der Waals surface area (Å²) in [5.41, 5.74) is 3.69. The van der Waals surface area contributed by atoms with E-state index in [1.54, 1.807) is 4.57 Å². The molecular formula is C13H16N2O. The molecule has 0 aliphatic heterocycles. The standard InChI is InChI=1S/C13H16N2O/c1-4-10-13(16)15(5-2)12-8-9(3)6-7-11(12)14-10/h6-8H,4-5H2,1-3H3. The smallest absolute Gasteiger partial charge is 0.272 e. The Kier molecular flexibility index (Phi) is 2.77. The molecule has 84 valence electrons. The van der Waals surface area contributed by atoms with Crippen LogP contribution in [0, 0.1) is 6.92 Å². The number of aromatic nitrogens is 2. The Bertz CT molecular complexity index is 584. The van der Waals surface area contributed by atoms with Gasteiger partial charge in [0.05, 0.1) is 11.0 Å². The largest absolute Gasteiger partial charge is 0.305 e. The molecule has 0 aliphatic carbocycles. The van der Waals surface area contributed by atoms with Crippen LogP contribution < -0.4 is 5.56 Å². The number of rotatable bonds is 2. The number of hydrogen-bond acceptors (Lipinski definition) is 2. The molecule has 0 N–H and O–H groups in total. The summed E-state index contributed by atoms with van der Waals surface area (Å²) < 4.78 is 1.80. The van der Waals surface area contributed by atoms with Crippen molar-refractivity contribution in [2.24, 2.45) is 0 Å². The average Bonchev–Trinajstić information content (AvgIpc) is 2.28. The molecule has 0 radical (unpaired) electrons. The molecule has 1 aromatic carbocycles. The molecule has 0 saturated carbocycles. The molecule has 0 fully saturated rings. The molecule has 16 heavy (non-hydrogen) atoms. The van der Waals surface area contributed by atoms with Gasteiger partial charge in [-0.2, -0.15) is 0 Å². The minimum atomic E-state index is 0.0445. The molecule has 0 unspecified atom stereocenters. The van der Waals surface area contributed by atoms with Crippen LogP contribution in [0.4, 0.5) is 0 Å². The fraction of sp³-hybridized carbons (Fsp3) is 0.385. The molecule has 3 nitrogen and oxygen atoms in total. The maximum absolute atomic E-state index is 12.1. The minimum Gasteiger partial charge on any atom is -0.305 e. The maximum atomic E-state index is 12.1. The zero-order valence-electron chi connectivity index (χ0n) is 9.95. The minimum absolute atomic E-state index is 0.0445. The SMILES string of the molecule is CCc1nc2ccc(C)cc2n(CC)c1=O. The van der Waals surface area contributed by atoms with Gasteiger partial charge in [0, 0.05) is 6.54 Å². The predicted molar refractivity (Wildman–Crippen MR) is 65.8 cm³/mol. The average molecular weight is 216 g/mol. The zero-order chi connectivity index (χ0) is 11.7. The lowest BCUT2D eigenvalue weighted by molar-refractivity contribution is 0.736. The van der Waals surface area contributed by atoms with Crippen LogP contribution in [0.15, 0.2) is 23.0 Å². The van der Waals surface area contributed by atoms with Crippen LogP contribution in [0.3, 0.4) is 0 Å².